The van der Waals surface area contributed by atoms with Gasteiger partial charge < -0.3 is 14.6 Å². The number of para-hydroxylation sites is 1. The van der Waals surface area contributed by atoms with Crippen molar-refractivity contribution in [2.45, 2.75) is 11.1 Å². The summed E-state index contributed by atoms with van der Waals surface area (Å²) in [5.74, 6) is 1.35. The van der Waals surface area contributed by atoms with E-state index >= 15 is 0 Å². The molecule has 7 heteroatoms. The number of pyridine rings is 1. The Morgan fingerprint density at radius 2 is 1.91 bits per heavy atom. The van der Waals surface area contributed by atoms with E-state index < -0.39 is 6.10 Å². The second-order valence-electron chi connectivity index (χ2n) is 4.49. The molecule has 2 aromatic rings. The van der Waals surface area contributed by atoms with E-state index in [1.165, 1.54) is 11.8 Å². The maximum atomic E-state index is 9.85. The molecule has 23 heavy (non-hydrogen) atoms. The summed E-state index contributed by atoms with van der Waals surface area (Å²) in [5.41, 5.74) is 0. The van der Waals surface area contributed by atoms with Gasteiger partial charge in [-0.2, -0.15) is 0 Å². The SMILES string of the molecule is Cl.OC(COCCOc1ccccc1Br)CSc1ccccn1. The molecule has 0 amide bonds. The third-order valence-corrected chi connectivity index (χ3v) is 4.44. The zero-order chi connectivity index (χ0) is 15.6. The lowest BCUT2D eigenvalue weighted by molar-refractivity contribution is 0.0347. The summed E-state index contributed by atoms with van der Waals surface area (Å²) < 4.78 is 11.9. The van der Waals surface area contributed by atoms with Crippen molar-refractivity contribution < 1.29 is 14.6 Å². The molecule has 0 aliphatic rings. The van der Waals surface area contributed by atoms with Gasteiger partial charge >= 0.3 is 0 Å². The highest BCUT2D eigenvalue weighted by atomic mass is 79.9. The summed E-state index contributed by atoms with van der Waals surface area (Å²) in [7, 11) is 0. The first-order chi connectivity index (χ1) is 10.8. The van der Waals surface area contributed by atoms with E-state index in [0.717, 1.165) is 15.2 Å². The van der Waals surface area contributed by atoms with E-state index in [4.69, 9.17) is 9.47 Å². The van der Waals surface area contributed by atoms with Crippen LogP contribution >= 0.6 is 40.1 Å². The van der Waals surface area contributed by atoms with E-state index in [0.29, 0.717) is 25.6 Å². The van der Waals surface area contributed by atoms with Crippen LogP contribution in [-0.4, -0.2) is 41.8 Å². The fraction of sp³-hybridized carbons (Fsp3) is 0.312. The molecule has 126 valence electrons. The molecule has 0 radical (unpaired) electrons. The number of halogens is 2. The van der Waals surface area contributed by atoms with Crippen molar-refractivity contribution in [1.29, 1.82) is 0 Å². The summed E-state index contributed by atoms with van der Waals surface area (Å²) in [6.45, 7) is 1.18. The number of aliphatic hydroxyl groups excluding tert-OH is 1. The second-order valence-corrected chi connectivity index (χ2v) is 6.38. The van der Waals surface area contributed by atoms with Crippen LogP contribution in [0.4, 0.5) is 0 Å². The highest BCUT2D eigenvalue weighted by Gasteiger charge is 2.06. The molecule has 1 unspecified atom stereocenters. The first-order valence-electron chi connectivity index (χ1n) is 6.92. The van der Waals surface area contributed by atoms with Gasteiger partial charge in [0.15, 0.2) is 0 Å². The maximum absolute atomic E-state index is 9.85. The Morgan fingerprint density at radius 1 is 1.13 bits per heavy atom. The predicted octanol–water partition coefficient (Wildman–Crippen LogP) is 3.81. The largest absolute Gasteiger partial charge is 0.490 e. The fourth-order valence-corrected chi connectivity index (χ4v) is 2.82. The second kappa shape index (κ2) is 11.7. The lowest BCUT2D eigenvalue weighted by Crippen LogP contribution is -2.20. The molecule has 0 aliphatic heterocycles. The molecule has 0 spiro atoms. The summed E-state index contributed by atoms with van der Waals surface area (Å²) in [6.07, 6.45) is 1.22. The van der Waals surface area contributed by atoms with Crippen LogP contribution in [-0.2, 0) is 4.74 Å². The molecule has 0 aliphatic carbocycles. The van der Waals surface area contributed by atoms with Crippen molar-refractivity contribution in [2.75, 3.05) is 25.6 Å². The number of benzene rings is 1. The summed E-state index contributed by atoms with van der Waals surface area (Å²) >= 11 is 4.93. The van der Waals surface area contributed by atoms with E-state index in [-0.39, 0.29) is 12.4 Å². The highest BCUT2D eigenvalue weighted by molar-refractivity contribution is 9.10. The van der Waals surface area contributed by atoms with Crippen LogP contribution in [0.15, 0.2) is 58.2 Å². The van der Waals surface area contributed by atoms with Gasteiger partial charge in [-0.05, 0) is 40.2 Å². The van der Waals surface area contributed by atoms with Crippen LogP contribution in [0.3, 0.4) is 0 Å². The smallest absolute Gasteiger partial charge is 0.133 e. The Hall–Kier alpha value is -0.790. The molecular weight excluding hydrogens is 402 g/mol. The quantitative estimate of drug-likeness (QED) is 0.494. The molecule has 0 bridgehead atoms. The third kappa shape index (κ3) is 8.04. The third-order valence-electron chi connectivity index (χ3n) is 2.69. The van der Waals surface area contributed by atoms with Crippen LogP contribution in [0.25, 0.3) is 0 Å². The first-order valence-corrected chi connectivity index (χ1v) is 8.70. The topological polar surface area (TPSA) is 51.6 Å². The first kappa shape index (κ1) is 20.3. The minimum atomic E-state index is -0.518. The lowest BCUT2D eigenvalue weighted by Gasteiger charge is -2.12. The minimum absolute atomic E-state index is 0. The van der Waals surface area contributed by atoms with Crippen LogP contribution < -0.4 is 4.74 Å². The number of aromatic nitrogens is 1. The number of thioether (sulfide) groups is 1. The van der Waals surface area contributed by atoms with E-state index in [1.54, 1.807) is 6.20 Å². The van der Waals surface area contributed by atoms with Gasteiger partial charge in [0.1, 0.15) is 12.4 Å². The van der Waals surface area contributed by atoms with Crippen molar-refractivity contribution in [3.63, 3.8) is 0 Å². The summed E-state index contributed by atoms with van der Waals surface area (Å²) in [5, 5.41) is 10.8. The molecule has 2 rings (SSSR count). The lowest BCUT2D eigenvalue weighted by atomic mass is 10.3. The monoisotopic (exact) mass is 419 g/mol. The van der Waals surface area contributed by atoms with Crippen molar-refractivity contribution in [3.8, 4) is 5.75 Å². The minimum Gasteiger partial charge on any atom is -0.490 e. The van der Waals surface area contributed by atoms with E-state index in [9.17, 15) is 5.11 Å². The molecule has 0 fully saturated rings. The average molecular weight is 421 g/mol. The van der Waals surface area contributed by atoms with Crippen LogP contribution in [0.5, 0.6) is 5.75 Å². The van der Waals surface area contributed by atoms with Crippen molar-refractivity contribution >= 4 is 40.1 Å². The Morgan fingerprint density at radius 3 is 2.65 bits per heavy atom. The van der Waals surface area contributed by atoms with Crippen LogP contribution in [0.1, 0.15) is 0 Å². The number of hydrogen-bond acceptors (Lipinski definition) is 5. The highest BCUT2D eigenvalue weighted by Crippen LogP contribution is 2.23. The Labute approximate surface area is 155 Å². The molecule has 1 heterocycles. The zero-order valence-corrected chi connectivity index (χ0v) is 15.6. The van der Waals surface area contributed by atoms with Crippen LogP contribution in [0.2, 0.25) is 0 Å². The Kier molecular flexibility index (Phi) is 10.3. The van der Waals surface area contributed by atoms with Crippen molar-refractivity contribution in [1.82, 2.24) is 4.98 Å². The molecule has 4 nitrogen and oxygen atoms in total. The van der Waals surface area contributed by atoms with Gasteiger partial charge in [0.2, 0.25) is 0 Å². The fourth-order valence-electron chi connectivity index (χ4n) is 1.65. The number of hydrogen-bond donors (Lipinski definition) is 1. The molecular formula is C16H19BrClNO3S. The molecule has 0 saturated heterocycles. The van der Waals surface area contributed by atoms with Gasteiger partial charge in [0.25, 0.3) is 0 Å². The summed E-state index contributed by atoms with van der Waals surface area (Å²) in [6, 6.07) is 13.4. The van der Waals surface area contributed by atoms with Crippen molar-refractivity contribution in [2.24, 2.45) is 0 Å². The van der Waals surface area contributed by atoms with Crippen LogP contribution in [0, 0.1) is 0 Å². The van der Waals surface area contributed by atoms with Gasteiger partial charge in [-0.15, -0.1) is 24.2 Å². The average Bonchev–Trinajstić information content (AvgIpc) is 2.55. The normalized spacial score (nSPS) is 11.6. The standard InChI is InChI=1S/C16H18BrNO3S.ClH/c17-14-5-1-2-6-15(14)21-10-9-20-11-13(19)12-22-16-7-3-4-8-18-16;/h1-8,13,19H,9-12H2;1H. The van der Waals surface area contributed by atoms with Gasteiger partial charge in [-0.25, -0.2) is 4.98 Å². The molecule has 1 aromatic carbocycles. The van der Waals surface area contributed by atoms with Gasteiger partial charge in [-0.3, -0.25) is 0 Å². The maximum Gasteiger partial charge on any atom is 0.133 e. The Balaban J connectivity index is 0.00000264. The van der Waals surface area contributed by atoms with E-state index in [2.05, 4.69) is 20.9 Å². The van der Waals surface area contributed by atoms with Gasteiger partial charge in [0, 0.05) is 11.9 Å². The van der Waals surface area contributed by atoms with Crippen molar-refractivity contribution in [3.05, 3.63) is 53.1 Å². The van der Waals surface area contributed by atoms with Gasteiger partial charge in [-0.1, -0.05) is 18.2 Å². The molecule has 1 N–H and O–H groups in total. The number of rotatable bonds is 9. The Bertz CT molecular complexity index is 562. The zero-order valence-electron chi connectivity index (χ0n) is 12.4. The summed E-state index contributed by atoms with van der Waals surface area (Å²) in [4.78, 5) is 4.19. The number of nitrogens with zero attached hydrogens (tertiary/aromatic N) is 1. The van der Waals surface area contributed by atoms with E-state index in [1.807, 2.05) is 42.5 Å². The molecule has 1 aromatic heterocycles. The number of aliphatic hydroxyl groups is 1. The molecule has 0 saturated carbocycles. The molecule has 1 atom stereocenters. The number of ether oxygens (including phenoxy) is 2. The van der Waals surface area contributed by atoms with Gasteiger partial charge in [0.05, 0.1) is 28.8 Å². The predicted molar refractivity (Wildman–Crippen MR) is 98.7 cm³/mol.